The number of ether oxygens (including phenoxy) is 1. The molecule has 106 valence electrons. The molecule has 0 fully saturated rings. The summed E-state index contributed by atoms with van der Waals surface area (Å²) in [6.45, 7) is 2.80. The van der Waals surface area contributed by atoms with Gasteiger partial charge in [0.25, 0.3) is 0 Å². The first-order valence-corrected chi connectivity index (χ1v) is 7.12. The topological polar surface area (TPSA) is 35.2 Å². The van der Waals surface area contributed by atoms with Gasteiger partial charge in [0.2, 0.25) is 0 Å². The van der Waals surface area contributed by atoms with Crippen molar-refractivity contribution in [3.05, 3.63) is 59.7 Å². The molecule has 1 unspecified atom stereocenters. The molecule has 1 atom stereocenters. The first-order valence-electron chi connectivity index (χ1n) is 7.12. The highest BCUT2D eigenvalue weighted by Gasteiger charge is 2.03. The van der Waals surface area contributed by atoms with Crippen LogP contribution in [0.2, 0.25) is 0 Å². The average Bonchev–Trinajstić information content (AvgIpc) is 2.45. The largest absolute Gasteiger partial charge is 0.384 e. The molecule has 0 spiro atoms. The van der Waals surface area contributed by atoms with Gasteiger partial charge in [-0.15, -0.1) is 0 Å². The van der Waals surface area contributed by atoms with E-state index in [1.807, 2.05) is 6.92 Å². The highest BCUT2D eigenvalue weighted by Crippen LogP contribution is 2.22. The molecule has 0 bridgehead atoms. The molecule has 20 heavy (non-hydrogen) atoms. The number of benzene rings is 2. The zero-order valence-electron chi connectivity index (χ0n) is 12.3. The van der Waals surface area contributed by atoms with Crippen LogP contribution in [-0.4, -0.2) is 19.8 Å². The number of nitrogens with two attached hydrogens (primary N) is 1. The van der Waals surface area contributed by atoms with Crippen molar-refractivity contribution < 1.29 is 4.74 Å². The molecule has 2 heteroatoms. The molecule has 0 aliphatic carbocycles. The quantitative estimate of drug-likeness (QED) is 0.872. The van der Waals surface area contributed by atoms with Gasteiger partial charge in [-0.1, -0.05) is 48.5 Å². The van der Waals surface area contributed by atoms with E-state index in [0.717, 1.165) is 19.4 Å². The molecule has 0 radical (unpaired) electrons. The van der Waals surface area contributed by atoms with Gasteiger partial charge in [-0.2, -0.15) is 0 Å². The fourth-order valence-electron chi connectivity index (χ4n) is 2.38. The Morgan fingerprint density at radius 3 is 2.20 bits per heavy atom. The third-order valence-corrected chi connectivity index (χ3v) is 3.34. The second-order valence-electron chi connectivity index (χ2n) is 5.32. The van der Waals surface area contributed by atoms with Gasteiger partial charge in [0, 0.05) is 13.2 Å². The zero-order chi connectivity index (χ0) is 14.4. The summed E-state index contributed by atoms with van der Waals surface area (Å²) >= 11 is 0. The summed E-state index contributed by atoms with van der Waals surface area (Å²) in [4.78, 5) is 0. The third-order valence-electron chi connectivity index (χ3n) is 3.34. The van der Waals surface area contributed by atoms with Crippen molar-refractivity contribution in [1.82, 2.24) is 0 Å². The van der Waals surface area contributed by atoms with Gasteiger partial charge in [-0.05, 0) is 42.0 Å². The van der Waals surface area contributed by atoms with Gasteiger partial charge < -0.3 is 10.5 Å². The maximum absolute atomic E-state index is 5.88. The summed E-state index contributed by atoms with van der Waals surface area (Å²) in [7, 11) is 1.74. The molecule has 0 saturated carbocycles. The SMILES string of the molecule is COCCc1cccc(-c2cccc(CC(C)N)c2)c1. The van der Waals surface area contributed by atoms with E-state index in [1.165, 1.54) is 22.3 Å². The van der Waals surface area contributed by atoms with Crippen LogP contribution in [0, 0.1) is 0 Å². The normalized spacial score (nSPS) is 12.3. The van der Waals surface area contributed by atoms with Gasteiger partial charge in [0.05, 0.1) is 6.61 Å². The number of hydrogen-bond donors (Lipinski definition) is 1. The Kier molecular flexibility index (Phi) is 5.33. The van der Waals surface area contributed by atoms with Crippen LogP contribution in [0.5, 0.6) is 0 Å². The molecular weight excluding hydrogens is 246 g/mol. The minimum Gasteiger partial charge on any atom is -0.384 e. The summed E-state index contributed by atoms with van der Waals surface area (Å²) < 4.78 is 5.14. The Bertz CT molecular complexity index is 549. The second-order valence-corrected chi connectivity index (χ2v) is 5.32. The lowest BCUT2D eigenvalue weighted by Gasteiger charge is -2.09. The second kappa shape index (κ2) is 7.22. The van der Waals surface area contributed by atoms with Crippen LogP contribution in [0.1, 0.15) is 18.1 Å². The Morgan fingerprint density at radius 1 is 1.00 bits per heavy atom. The van der Waals surface area contributed by atoms with Gasteiger partial charge >= 0.3 is 0 Å². The Balaban J connectivity index is 2.22. The zero-order valence-corrected chi connectivity index (χ0v) is 12.3. The summed E-state index contributed by atoms with van der Waals surface area (Å²) in [5.74, 6) is 0. The van der Waals surface area contributed by atoms with E-state index in [1.54, 1.807) is 7.11 Å². The fraction of sp³-hybridized carbons (Fsp3) is 0.333. The van der Waals surface area contributed by atoms with Crippen LogP contribution in [-0.2, 0) is 17.6 Å². The summed E-state index contributed by atoms with van der Waals surface area (Å²) in [5, 5.41) is 0. The molecule has 2 aromatic rings. The Morgan fingerprint density at radius 2 is 1.60 bits per heavy atom. The maximum Gasteiger partial charge on any atom is 0.0502 e. The van der Waals surface area contributed by atoms with Crippen molar-refractivity contribution in [2.45, 2.75) is 25.8 Å². The number of hydrogen-bond acceptors (Lipinski definition) is 2. The Labute approximate surface area is 121 Å². The predicted molar refractivity (Wildman–Crippen MR) is 84.8 cm³/mol. The summed E-state index contributed by atoms with van der Waals surface area (Å²) in [6, 6.07) is 17.5. The van der Waals surface area contributed by atoms with E-state index in [2.05, 4.69) is 48.5 Å². The average molecular weight is 269 g/mol. The van der Waals surface area contributed by atoms with E-state index in [4.69, 9.17) is 10.5 Å². The van der Waals surface area contributed by atoms with E-state index in [0.29, 0.717) is 0 Å². The molecule has 0 saturated heterocycles. The predicted octanol–water partition coefficient (Wildman–Crippen LogP) is 3.43. The van der Waals surface area contributed by atoms with Gasteiger partial charge in [0.15, 0.2) is 0 Å². The van der Waals surface area contributed by atoms with E-state index < -0.39 is 0 Å². The highest BCUT2D eigenvalue weighted by atomic mass is 16.5. The van der Waals surface area contributed by atoms with Crippen LogP contribution in [0.25, 0.3) is 11.1 Å². The minimum absolute atomic E-state index is 0.193. The van der Waals surface area contributed by atoms with Crippen molar-refractivity contribution in [2.24, 2.45) is 5.73 Å². The number of methoxy groups -OCH3 is 1. The van der Waals surface area contributed by atoms with Gasteiger partial charge in [-0.25, -0.2) is 0 Å². The lowest BCUT2D eigenvalue weighted by Crippen LogP contribution is -2.17. The lowest BCUT2D eigenvalue weighted by molar-refractivity contribution is 0.202. The molecule has 2 rings (SSSR count). The van der Waals surface area contributed by atoms with E-state index >= 15 is 0 Å². The van der Waals surface area contributed by atoms with Crippen molar-refractivity contribution in [2.75, 3.05) is 13.7 Å². The van der Waals surface area contributed by atoms with Crippen molar-refractivity contribution >= 4 is 0 Å². The van der Waals surface area contributed by atoms with Crippen molar-refractivity contribution in [1.29, 1.82) is 0 Å². The third kappa shape index (κ3) is 4.19. The van der Waals surface area contributed by atoms with Crippen molar-refractivity contribution in [3.63, 3.8) is 0 Å². The minimum atomic E-state index is 0.193. The standard InChI is InChI=1S/C18H23NO/c1-14(19)11-16-6-4-8-18(13-16)17-7-3-5-15(12-17)9-10-20-2/h3-8,12-14H,9-11,19H2,1-2H3. The number of rotatable bonds is 6. The van der Waals surface area contributed by atoms with Crippen LogP contribution < -0.4 is 5.73 Å². The highest BCUT2D eigenvalue weighted by molar-refractivity contribution is 5.65. The maximum atomic E-state index is 5.88. The summed E-state index contributed by atoms with van der Waals surface area (Å²) in [6.07, 6.45) is 1.86. The van der Waals surface area contributed by atoms with Crippen molar-refractivity contribution in [3.8, 4) is 11.1 Å². The molecule has 0 heterocycles. The molecule has 0 aliphatic heterocycles. The molecular formula is C18H23NO. The van der Waals surface area contributed by atoms with Crippen LogP contribution in [0.4, 0.5) is 0 Å². The fourth-order valence-corrected chi connectivity index (χ4v) is 2.38. The smallest absolute Gasteiger partial charge is 0.0502 e. The molecule has 0 aliphatic rings. The monoisotopic (exact) mass is 269 g/mol. The first kappa shape index (κ1) is 14.8. The van der Waals surface area contributed by atoms with E-state index in [9.17, 15) is 0 Å². The first-order chi connectivity index (χ1) is 9.69. The van der Waals surface area contributed by atoms with Crippen LogP contribution in [0.15, 0.2) is 48.5 Å². The molecule has 2 N–H and O–H groups in total. The lowest BCUT2D eigenvalue weighted by atomic mass is 9.98. The van der Waals surface area contributed by atoms with Crippen LogP contribution >= 0.6 is 0 Å². The van der Waals surface area contributed by atoms with E-state index in [-0.39, 0.29) is 6.04 Å². The molecule has 0 amide bonds. The molecule has 2 nitrogen and oxygen atoms in total. The molecule has 0 aromatic heterocycles. The Hall–Kier alpha value is -1.64. The van der Waals surface area contributed by atoms with Gasteiger partial charge in [-0.3, -0.25) is 0 Å². The van der Waals surface area contributed by atoms with Gasteiger partial charge in [0.1, 0.15) is 0 Å². The molecule has 2 aromatic carbocycles. The van der Waals surface area contributed by atoms with Crippen LogP contribution in [0.3, 0.4) is 0 Å². The summed E-state index contributed by atoms with van der Waals surface area (Å²) in [5.41, 5.74) is 11.0.